The fourth-order valence-corrected chi connectivity index (χ4v) is 7.76. The molecule has 0 aliphatic carbocycles. The Morgan fingerprint density at radius 2 is 0.534 bits per heavy atom. The SMILES string of the molecule is CCCCc1ccc(N(c2ccc(CCCC)cc2)c2ccc(-c3ccc(-c4ccc(N(c5ccc(C(C)C)cc5)c5ccc(C(C)C)cc5)cc4)cc3)cc2)cc1. The van der Waals surface area contributed by atoms with Gasteiger partial charge in [-0.05, 0) is 155 Å². The summed E-state index contributed by atoms with van der Waals surface area (Å²) in [5.41, 5.74) is 17.3. The van der Waals surface area contributed by atoms with Crippen LogP contribution >= 0.6 is 0 Å². The molecule has 0 saturated carbocycles. The fraction of sp³-hybridized carbons (Fsp3) is 0.250. The predicted octanol–water partition coefficient (Wildman–Crippen LogP) is 16.9. The van der Waals surface area contributed by atoms with Crippen molar-refractivity contribution in [2.75, 3.05) is 9.80 Å². The van der Waals surface area contributed by atoms with E-state index in [4.69, 9.17) is 0 Å². The lowest BCUT2D eigenvalue weighted by molar-refractivity contribution is 0.795. The minimum Gasteiger partial charge on any atom is -0.311 e. The Morgan fingerprint density at radius 3 is 0.776 bits per heavy atom. The number of rotatable bonds is 16. The Balaban J connectivity index is 1.11. The zero-order valence-corrected chi connectivity index (χ0v) is 35.5. The number of hydrogen-bond acceptors (Lipinski definition) is 2. The summed E-state index contributed by atoms with van der Waals surface area (Å²) in [4.78, 5) is 4.74. The van der Waals surface area contributed by atoms with Gasteiger partial charge >= 0.3 is 0 Å². The third kappa shape index (κ3) is 9.63. The first kappa shape index (κ1) is 40.3. The summed E-state index contributed by atoms with van der Waals surface area (Å²) in [6, 6.07) is 63.4. The largest absolute Gasteiger partial charge is 0.311 e. The number of anilines is 6. The lowest BCUT2D eigenvalue weighted by Gasteiger charge is -2.26. The van der Waals surface area contributed by atoms with E-state index in [9.17, 15) is 0 Å². The van der Waals surface area contributed by atoms with Crippen molar-refractivity contribution in [3.05, 3.63) is 192 Å². The van der Waals surface area contributed by atoms with Gasteiger partial charge in [0.05, 0.1) is 0 Å². The van der Waals surface area contributed by atoms with Crippen LogP contribution in [0.5, 0.6) is 0 Å². The molecule has 0 aromatic heterocycles. The molecule has 0 N–H and O–H groups in total. The smallest absolute Gasteiger partial charge is 0.0462 e. The minimum atomic E-state index is 0.496. The Bertz CT molecular complexity index is 2200. The minimum absolute atomic E-state index is 0.496. The van der Waals surface area contributed by atoms with E-state index >= 15 is 0 Å². The highest BCUT2D eigenvalue weighted by Crippen LogP contribution is 2.39. The van der Waals surface area contributed by atoms with Crippen LogP contribution in [-0.4, -0.2) is 0 Å². The van der Waals surface area contributed by atoms with Crippen LogP contribution in [-0.2, 0) is 12.8 Å². The number of aryl methyl sites for hydroxylation is 2. The van der Waals surface area contributed by atoms with E-state index in [1.807, 2.05) is 0 Å². The summed E-state index contributed by atoms with van der Waals surface area (Å²) in [5.74, 6) is 0.991. The molecule has 2 nitrogen and oxygen atoms in total. The van der Waals surface area contributed by atoms with E-state index in [2.05, 4.69) is 221 Å². The second-order valence-electron chi connectivity index (χ2n) is 16.4. The van der Waals surface area contributed by atoms with Crippen LogP contribution in [0.15, 0.2) is 170 Å². The first-order valence-electron chi connectivity index (χ1n) is 21.6. The predicted molar refractivity (Wildman–Crippen MR) is 252 cm³/mol. The maximum Gasteiger partial charge on any atom is 0.0462 e. The standard InChI is InChI=1S/C56H60N2/c1-7-9-11-43-13-29-51(30-14-43)57(52-31-15-44(16-32-52)12-10-8-2)55-37-25-49(26-38-55)47-17-19-48(20-18-47)50-27-39-56(40-28-50)58(53-33-21-45(22-34-53)41(3)4)54-35-23-46(24-36-54)42(5)6/h13-42H,7-12H2,1-6H3. The van der Waals surface area contributed by atoms with Gasteiger partial charge in [-0.25, -0.2) is 0 Å². The number of hydrogen-bond donors (Lipinski definition) is 0. The molecule has 0 aliphatic heterocycles. The monoisotopic (exact) mass is 760 g/mol. The summed E-state index contributed by atoms with van der Waals surface area (Å²) < 4.78 is 0. The highest BCUT2D eigenvalue weighted by molar-refractivity contribution is 5.81. The van der Waals surface area contributed by atoms with Gasteiger partial charge in [0.2, 0.25) is 0 Å². The third-order valence-corrected chi connectivity index (χ3v) is 11.5. The molecule has 0 spiro atoms. The van der Waals surface area contributed by atoms with Gasteiger partial charge in [0, 0.05) is 34.1 Å². The molecule has 7 aromatic rings. The fourth-order valence-electron chi connectivity index (χ4n) is 7.76. The Kier molecular flexibility index (Phi) is 13.3. The van der Waals surface area contributed by atoms with E-state index in [0.717, 1.165) is 35.6 Å². The second-order valence-corrected chi connectivity index (χ2v) is 16.4. The third-order valence-electron chi connectivity index (χ3n) is 11.5. The van der Waals surface area contributed by atoms with Gasteiger partial charge < -0.3 is 9.80 Å². The van der Waals surface area contributed by atoms with Gasteiger partial charge in [-0.3, -0.25) is 0 Å². The van der Waals surface area contributed by atoms with Crippen LogP contribution in [0.1, 0.15) is 101 Å². The van der Waals surface area contributed by atoms with Crippen molar-refractivity contribution in [1.82, 2.24) is 0 Å². The molecule has 0 heterocycles. The molecule has 0 bridgehead atoms. The van der Waals surface area contributed by atoms with E-state index in [0.29, 0.717) is 11.8 Å². The Labute approximate surface area is 348 Å². The van der Waals surface area contributed by atoms with Gasteiger partial charge in [-0.15, -0.1) is 0 Å². The molecular formula is C56H60N2. The average Bonchev–Trinajstić information content (AvgIpc) is 3.27. The highest BCUT2D eigenvalue weighted by Gasteiger charge is 2.16. The maximum absolute atomic E-state index is 2.38. The zero-order valence-electron chi connectivity index (χ0n) is 35.5. The zero-order chi connectivity index (χ0) is 40.4. The van der Waals surface area contributed by atoms with Gasteiger partial charge in [-0.2, -0.15) is 0 Å². The van der Waals surface area contributed by atoms with Crippen LogP contribution < -0.4 is 9.80 Å². The molecule has 0 unspecified atom stereocenters. The van der Waals surface area contributed by atoms with Gasteiger partial charge in [0.15, 0.2) is 0 Å². The Hall–Kier alpha value is -5.86. The summed E-state index contributed by atoms with van der Waals surface area (Å²) >= 11 is 0. The van der Waals surface area contributed by atoms with Crippen molar-refractivity contribution < 1.29 is 0 Å². The molecule has 7 rings (SSSR count). The average molecular weight is 761 g/mol. The summed E-state index contributed by atoms with van der Waals surface area (Å²) in [5, 5.41) is 0. The number of unbranched alkanes of at least 4 members (excludes halogenated alkanes) is 2. The van der Waals surface area contributed by atoms with E-state index in [-0.39, 0.29) is 0 Å². The summed E-state index contributed by atoms with van der Waals surface area (Å²) in [6.07, 6.45) is 7.11. The number of nitrogens with zero attached hydrogens (tertiary/aromatic N) is 2. The second kappa shape index (κ2) is 19.1. The topological polar surface area (TPSA) is 6.48 Å². The summed E-state index contributed by atoms with van der Waals surface area (Å²) in [6.45, 7) is 13.5. The van der Waals surface area contributed by atoms with Crippen LogP contribution in [0.4, 0.5) is 34.1 Å². The Morgan fingerprint density at radius 1 is 0.310 bits per heavy atom. The van der Waals surface area contributed by atoms with Crippen molar-refractivity contribution in [3.63, 3.8) is 0 Å². The molecule has 0 atom stereocenters. The molecule has 0 radical (unpaired) electrons. The van der Waals surface area contributed by atoms with Gasteiger partial charge in [0.1, 0.15) is 0 Å². The van der Waals surface area contributed by atoms with Crippen LogP contribution in [0.2, 0.25) is 0 Å². The van der Waals surface area contributed by atoms with Crippen molar-refractivity contribution in [2.45, 2.75) is 91.9 Å². The lowest BCUT2D eigenvalue weighted by atomic mass is 9.99. The molecular weight excluding hydrogens is 701 g/mol. The van der Waals surface area contributed by atoms with Crippen molar-refractivity contribution in [3.8, 4) is 22.3 Å². The van der Waals surface area contributed by atoms with Crippen LogP contribution in [0.25, 0.3) is 22.3 Å². The van der Waals surface area contributed by atoms with E-state index in [1.165, 1.54) is 81.6 Å². The lowest BCUT2D eigenvalue weighted by Crippen LogP contribution is -2.10. The van der Waals surface area contributed by atoms with Crippen LogP contribution in [0.3, 0.4) is 0 Å². The number of benzene rings is 7. The molecule has 58 heavy (non-hydrogen) atoms. The molecule has 294 valence electrons. The molecule has 7 aromatic carbocycles. The van der Waals surface area contributed by atoms with Crippen molar-refractivity contribution in [1.29, 1.82) is 0 Å². The molecule has 0 fully saturated rings. The first-order valence-corrected chi connectivity index (χ1v) is 21.6. The maximum atomic E-state index is 2.38. The van der Waals surface area contributed by atoms with Crippen molar-refractivity contribution >= 4 is 34.1 Å². The first-order chi connectivity index (χ1) is 28.3. The molecule has 0 aliphatic rings. The molecule has 0 amide bonds. The normalized spacial score (nSPS) is 11.3. The van der Waals surface area contributed by atoms with E-state index in [1.54, 1.807) is 0 Å². The summed E-state index contributed by atoms with van der Waals surface area (Å²) in [7, 11) is 0. The van der Waals surface area contributed by atoms with Crippen molar-refractivity contribution in [2.24, 2.45) is 0 Å². The van der Waals surface area contributed by atoms with Gasteiger partial charge in [0.25, 0.3) is 0 Å². The quantitative estimate of drug-likeness (QED) is 0.0968. The highest BCUT2D eigenvalue weighted by atomic mass is 15.1. The van der Waals surface area contributed by atoms with E-state index < -0.39 is 0 Å². The van der Waals surface area contributed by atoms with Crippen LogP contribution in [0, 0.1) is 0 Å². The molecule has 0 saturated heterocycles. The van der Waals surface area contributed by atoms with Gasteiger partial charge in [-0.1, -0.05) is 151 Å². The molecule has 2 heteroatoms.